The SMILES string of the molecule is C/C=C\C(=C/C)Oc1ccc(C(=O)Nc2ccc(OC)c(OCCN(CC)CCO)c2)cc1.CC. The molecule has 192 valence electrons. The highest BCUT2D eigenvalue weighted by Crippen LogP contribution is 2.30. The summed E-state index contributed by atoms with van der Waals surface area (Å²) in [5, 5.41) is 12.0. The Bertz CT molecular complexity index is 939. The number of ether oxygens (including phenoxy) is 3. The highest BCUT2D eigenvalue weighted by atomic mass is 16.5. The lowest BCUT2D eigenvalue weighted by atomic mass is 10.2. The zero-order chi connectivity index (χ0) is 26.1. The lowest BCUT2D eigenvalue weighted by Gasteiger charge is -2.20. The maximum atomic E-state index is 12.7. The van der Waals surface area contributed by atoms with Crippen molar-refractivity contribution in [1.29, 1.82) is 0 Å². The summed E-state index contributed by atoms with van der Waals surface area (Å²) in [6.07, 6.45) is 5.64. The molecule has 0 spiro atoms. The number of aliphatic hydroxyl groups is 1. The summed E-state index contributed by atoms with van der Waals surface area (Å²) in [6.45, 7) is 12.5. The monoisotopic (exact) mass is 484 g/mol. The molecule has 1 amide bonds. The highest BCUT2D eigenvalue weighted by Gasteiger charge is 2.11. The van der Waals surface area contributed by atoms with Crippen molar-refractivity contribution in [2.75, 3.05) is 45.3 Å². The number of methoxy groups -OCH3 is 1. The Morgan fingerprint density at radius 1 is 1.06 bits per heavy atom. The average molecular weight is 485 g/mol. The van der Waals surface area contributed by atoms with Gasteiger partial charge in [-0.25, -0.2) is 0 Å². The first-order valence-electron chi connectivity index (χ1n) is 12.1. The molecule has 2 N–H and O–H groups in total. The number of rotatable bonds is 13. The van der Waals surface area contributed by atoms with E-state index in [1.54, 1.807) is 49.6 Å². The van der Waals surface area contributed by atoms with Crippen molar-refractivity contribution >= 4 is 11.6 Å². The molecule has 0 atom stereocenters. The quantitative estimate of drug-likeness (QED) is 0.288. The molecule has 0 fully saturated rings. The second kappa shape index (κ2) is 17.2. The maximum absolute atomic E-state index is 12.7. The summed E-state index contributed by atoms with van der Waals surface area (Å²) in [5.74, 6) is 2.28. The van der Waals surface area contributed by atoms with Crippen molar-refractivity contribution < 1.29 is 24.1 Å². The largest absolute Gasteiger partial charge is 0.493 e. The van der Waals surface area contributed by atoms with Crippen LogP contribution >= 0.6 is 0 Å². The van der Waals surface area contributed by atoms with Crippen LogP contribution in [-0.2, 0) is 0 Å². The minimum absolute atomic E-state index is 0.109. The van der Waals surface area contributed by atoms with Crippen molar-refractivity contribution in [3.63, 3.8) is 0 Å². The molecule has 2 rings (SSSR count). The van der Waals surface area contributed by atoms with E-state index in [2.05, 4.69) is 10.2 Å². The third-order valence-corrected chi connectivity index (χ3v) is 4.92. The Hall–Kier alpha value is -3.29. The summed E-state index contributed by atoms with van der Waals surface area (Å²) >= 11 is 0. The van der Waals surface area contributed by atoms with Gasteiger partial charge in [0.25, 0.3) is 5.91 Å². The summed E-state index contributed by atoms with van der Waals surface area (Å²) in [7, 11) is 1.57. The van der Waals surface area contributed by atoms with Crippen LogP contribution in [0.5, 0.6) is 17.2 Å². The van der Waals surface area contributed by atoms with Crippen molar-refractivity contribution in [2.45, 2.75) is 34.6 Å². The number of anilines is 1. The molecule has 7 nitrogen and oxygen atoms in total. The van der Waals surface area contributed by atoms with Gasteiger partial charge in [0, 0.05) is 30.4 Å². The molecule has 7 heteroatoms. The molecule has 0 aromatic heterocycles. The van der Waals surface area contributed by atoms with Gasteiger partial charge in [-0.1, -0.05) is 26.8 Å². The summed E-state index contributed by atoms with van der Waals surface area (Å²) in [4.78, 5) is 14.8. The molecule has 0 aliphatic rings. The van der Waals surface area contributed by atoms with Crippen molar-refractivity contribution in [3.8, 4) is 17.2 Å². The van der Waals surface area contributed by atoms with E-state index in [1.165, 1.54) is 0 Å². The summed E-state index contributed by atoms with van der Waals surface area (Å²) in [6, 6.07) is 12.2. The zero-order valence-corrected chi connectivity index (χ0v) is 21.8. The summed E-state index contributed by atoms with van der Waals surface area (Å²) in [5.41, 5.74) is 1.11. The Labute approximate surface area is 210 Å². The number of nitrogens with zero attached hydrogens (tertiary/aromatic N) is 1. The van der Waals surface area contributed by atoms with Crippen molar-refractivity contribution in [1.82, 2.24) is 4.90 Å². The smallest absolute Gasteiger partial charge is 0.255 e. The van der Waals surface area contributed by atoms with E-state index in [1.807, 2.05) is 52.8 Å². The fourth-order valence-electron chi connectivity index (χ4n) is 3.09. The van der Waals surface area contributed by atoms with Crippen molar-refractivity contribution in [3.05, 3.63) is 72.0 Å². The van der Waals surface area contributed by atoms with Crippen LogP contribution in [0.3, 0.4) is 0 Å². The number of carbonyl (C=O) groups is 1. The Kier molecular flexibility index (Phi) is 14.6. The molecule has 0 radical (unpaired) electrons. The third-order valence-electron chi connectivity index (χ3n) is 4.92. The summed E-state index contributed by atoms with van der Waals surface area (Å²) < 4.78 is 17.0. The number of carbonyl (C=O) groups excluding carboxylic acids is 1. The van der Waals surface area contributed by atoms with E-state index >= 15 is 0 Å². The van der Waals surface area contributed by atoms with Crippen LogP contribution < -0.4 is 19.5 Å². The molecule has 2 aromatic rings. The minimum Gasteiger partial charge on any atom is -0.493 e. The van der Waals surface area contributed by atoms with Crippen LogP contribution in [0.15, 0.2) is 66.5 Å². The van der Waals surface area contributed by atoms with E-state index in [0.29, 0.717) is 48.2 Å². The first kappa shape index (κ1) is 29.7. The second-order valence-electron chi connectivity index (χ2n) is 7.14. The Balaban J connectivity index is 0.00000298. The minimum atomic E-state index is -0.238. The lowest BCUT2D eigenvalue weighted by Crippen LogP contribution is -2.30. The van der Waals surface area contributed by atoms with Gasteiger partial charge >= 0.3 is 0 Å². The van der Waals surface area contributed by atoms with E-state index in [4.69, 9.17) is 19.3 Å². The van der Waals surface area contributed by atoms with E-state index in [9.17, 15) is 4.79 Å². The number of hydrogen-bond donors (Lipinski definition) is 2. The standard InChI is InChI=1S/C26H34N2O5.C2H6/c1-5-8-22(6-2)33-23-12-9-20(10-13-23)26(30)27-21-11-14-24(31-4)25(19-21)32-18-16-28(7-3)15-17-29;1-2/h5-6,8-14,19,29H,7,15-18H2,1-4H3,(H,27,30);1-2H3/b8-5-,22-6+;. The van der Waals surface area contributed by atoms with Crippen LogP contribution in [0.25, 0.3) is 0 Å². The average Bonchev–Trinajstić information content (AvgIpc) is 2.89. The highest BCUT2D eigenvalue weighted by molar-refractivity contribution is 6.04. The van der Waals surface area contributed by atoms with E-state index in [-0.39, 0.29) is 12.5 Å². The molecule has 0 bridgehead atoms. The normalized spacial score (nSPS) is 11.1. The Morgan fingerprint density at radius 3 is 2.34 bits per heavy atom. The van der Waals surface area contributed by atoms with Gasteiger partial charge in [-0.15, -0.1) is 0 Å². The number of allylic oxidation sites excluding steroid dienone is 3. The van der Waals surface area contributed by atoms with Crippen LogP contribution in [-0.4, -0.2) is 55.9 Å². The maximum Gasteiger partial charge on any atom is 0.255 e. The van der Waals surface area contributed by atoms with Crippen LogP contribution in [0.2, 0.25) is 0 Å². The number of amides is 1. The van der Waals surface area contributed by atoms with Crippen LogP contribution in [0.4, 0.5) is 5.69 Å². The first-order valence-corrected chi connectivity index (χ1v) is 12.1. The Morgan fingerprint density at radius 2 is 1.77 bits per heavy atom. The van der Waals surface area contributed by atoms with Gasteiger partial charge in [-0.05, 0) is 68.9 Å². The molecule has 0 saturated heterocycles. The number of hydrogen-bond acceptors (Lipinski definition) is 6. The molecule has 0 aliphatic carbocycles. The second-order valence-corrected chi connectivity index (χ2v) is 7.14. The van der Waals surface area contributed by atoms with Gasteiger partial charge in [-0.3, -0.25) is 9.69 Å². The van der Waals surface area contributed by atoms with Gasteiger partial charge in [-0.2, -0.15) is 0 Å². The third kappa shape index (κ3) is 10.2. The molecule has 35 heavy (non-hydrogen) atoms. The molecular weight excluding hydrogens is 444 g/mol. The van der Waals surface area contributed by atoms with Gasteiger partial charge in [0.05, 0.1) is 13.7 Å². The molecule has 2 aromatic carbocycles. The van der Waals surface area contributed by atoms with Crippen LogP contribution in [0.1, 0.15) is 45.0 Å². The van der Waals surface area contributed by atoms with Gasteiger partial charge in [0.15, 0.2) is 11.5 Å². The van der Waals surface area contributed by atoms with E-state index < -0.39 is 0 Å². The molecule has 0 unspecified atom stereocenters. The zero-order valence-electron chi connectivity index (χ0n) is 21.8. The molecule has 0 aliphatic heterocycles. The van der Waals surface area contributed by atoms with Gasteiger partial charge in [0.2, 0.25) is 0 Å². The number of nitrogens with one attached hydrogen (secondary N) is 1. The van der Waals surface area contributed by atoms with Gasteiger partial charge in [0.1, 0.15) is 18.1 Å². The number of aliphatic hydroxyl groups excluding tert-OH is 1. The topological polar surface area (TPSA) is 80.3 Å². The fourth-order valence-corrected chi connectivity index (χ4v) is 3.09. The fraction of sp³-hybridized carbons (Fsp3) is 0.393. The van der Waals surface area contributed by atoms with Crippen molar-refractivity contribution in [2.24, 2.45) is 0 Å². The predicted molar refractivity (Wildman–Crippen MR) is 143 cm³/mol. The molecule has 0 saturated carbocycles. The number of benzene rings is 2. The van der Waals surface area contributed by atoms with Gasteiger partial charge < -0.3 is 24.6 Å². The van der Waals surface area contributed by atoms with Crippen LogP contribution in [0, 0.1) is 0 Å². The molecule has 0 heterocycles. The van der Waals surface area contributed by atoms with E-state index in [0.717, 1.165) is 12.3 Å². The first-order chi connectivity index (χ1) is 17.0. The molecular formula is C28H40N2O5. The number of likely N-dealkylation sites (N-methyl/N-ethyl adjacent to an activating group) is 1. The lowest BCUT2D eigenvalue weighted by molar-refractivity contribution is 0.102. The predicted octanol–water partition coefficient (Wildman–Crippen LogP) is 5.53.